The average Bonchev–Trinajstić information content (AvgIpc) is 2.42. The Labute approximate surface area is 134 Å². The van der Waals surface area contributed by atoms with Crippen LogP contribution in [-0.2, 0) is 4.79 Å². The van der Waals surface area contributed by atoms with E-state index >= 15 is 0 Å². The van der Waals surface area contributed by atoms with Gasteiger partial charge in [-0.2, -0.15) is 0 Å². The van der Waals surface area contributed by atoms with Crippen LogP contribution >= 0.6 is 27.7 Å². The fraction of sp³-hybridized carbons (Fsp3) is 0.533. The summed E-state index contributed by atoms with van der Waals surface area (Å²) in [7, 11) is 0. The average molecular weight is 359 g/mol. The van der Waals surface area contributed by atoms with E-state index in [4.69, 9.17) is 0 Å². The van der Waals surface area contributed by atoms with Crippen molar-refractivity contribution in [2.75, 3.05) is 25.4 Å². The predicted molar refractivity (Wildman–Crippen MR) is 90.3 cm³/mol. The summed E-state index contributed by atoms with van der Waals surface area (Å²) in [5.74, 6) is 0.563. The molecule has 0 saturated heterocycles. The van der Waals surface area contributed by atoms with E-state index in [1.165, 1.54) is 0 Å². The highest BCUT2D eigenvalue weighted by atomic mass is 79.9. The zero-order chi connectivity index (χ0) is 15.0. The molecular formula is C15H23BrN2OS. The van der Waals surface area contributed by atoms with Crippen molar-refractivity contribution >= 4 is 33.6 Å². The number of amides is 1. The monoisotopic (exact) mass is 358 g/mol. The Morgan fingerprint density at radius 1 is 1.35 bits per heavy atom. The molecule has 0 heterocycles. The lowest BCUT2D eigenvalue weighted by atomic mass is 10.3. The van der Waals surface area contributed by atoms with E-state index in [1.807, 2.05) is 24.3 Å². The Balaban J connectivity index is 2.22. The van der Waals surface area contributed by atoms with Gasteiger partial charge >= 0.3 is 0 Å². The standard InChI is InChI=1S/C15H23BrN2OS/c1-4-18(12(2)3)10-9-17-15(19)11-20-14-7-5-13(16)6-8-14/h5-8,12H,4,9-11H2,1-3H3,(H,17,19). The van der Waals surface area contributed by atoms with E-state index in [2.05, 4.69) is 46.9 Å². The maximum atomic E-state index is 11.8. The van der Waals surface area contributed by atoms with E-state index in [-0.39, 0.29) is 5.91 Å². The second kappa shape index (κ2) is 9.42. The van der Waals surface area contributed by atoms with Gasteiger partial charge in [-0.25, -0.2) is 0 Å². The van der Waals surface area contributed by atoms with Gasteiger partial charge in [0.2, 0.25) is 5.91 Å². The molecule has 0 aliphatic rings. The highest BCUT2D eigenvalue weighted by Crippen LogP contribution is 2.20. The summed E-state index contributed by atoms with van der Waals surface area (Å²) in [6, 6.07) is 8.53. The van der Waals surface area contributed by atoms with Gasteiger partial charge in [-0.3, -0.25) is 9.69 Å². The first-order valence-electron chi connectivity index (χ1n) is 6.92. The van der Waals surface area contributed by atoms with Crippen LogP contribution in [0, 0.1) is 0 Å². The van der Waals surface area contributed by atoms with Crippen LogP contribution in [0.3, 0.4) is 0 Å². The Morgan fingerprint density at radius 3 is 2.55 bits per heavy atom. The van der Waals surface area contributed by atoms with Gasteiger partial charge in [0.1, 0.15) is 0 Å². The van der Waals surface area contributed by atoms with E-state index in [0.29, 0.717) is 18.3 Å². The largest absolute Gasteiger partial charge is 0.354 e. The summed E-state index contributed by atoms with van der Waals surface area (Å²) in [6.45, 7) is 9.13. The summed E-state index contributed by atoms with van der Waals surface area (Å²) >= 11 is 4.96. The molecule has 0 aromatic heterocycles. The van der Waals surface area contributed by atoms with Crippen LogP contribution in [-0.4, -0.2) is 42.2 Å². The summed E-state index contributed by atoms with van der Waals surface area (Å²) in [5, 5.41) is 2.97. The van der Waals surface area contributed by atoms with E-state index in [9.17, 15) is 4.79 Å². The molecule has 0 aliphatic heterocycles. The molecule has 3 nitrogen and oxygen atoms in total. The molecule has 0 saturated carbocycles. The first-order valence-corrected chi connectivity index (χ1v) is 8.70. The van der Waals surface area contributed by atoms with Crippen LogP contribution < -0.4 is 5.32 Å². The molecule has 5 heteroatoms. The maximum absolute atomic E-state index is 11.8. The van der Waals surface area contributed by atoms with Crippen molar-refractivity contribution in [3.8, 4) is 0 Å². The highest BCUT2D eigenvalue weighted by molar-refractivity contribution is 9.10. The lowest BCUT2D eigenvalue weighted by molar-refractivity contribution is -0.118. The molecule has 1 rings (SSSR count). The van der Waals surface area contributed by atoms with Crippen LogP contribution in [0.1, 0.15) is 20.8 Å². The van der Waals surface area contributed by atoms with Crippen LogP contribution in [0.25, 0.3) is 0 Å². The first-order chi connectivity index (χ1) is 9.52. The predicted octanol–water partition coefficient (Wildman–Crippen LogP) is 3.39. The molecule has 0 bridgehead atoms. The third-order valence-electron chi connectivity index (χ3n) is 3.04. The molecule has 1 N–H and O–H groups in total. The Hall–Kier alpha value is -0.520. The summed E-state index contributed by atoms with van der Waals surface area (Å²) < 4.78 is 1.06. The molecule has 0 fully saturated rings. The second-order valence-electron chi connectivity index (χ2n) is 4.81. The molecule has 1 aromatic carbocycles. The molecule has 0 unspecified atom stereocenters. The Morgan fingerprint density at radius 2 is 2.00 bits per heavy atom. The molecular weight excluding hydrogens is 336 g/mol. The topological polar surface area (TPSA) is 32.3 Å². The van der Waals surface area contributed by atoms with Crippen molar-refractivity contribution in [2.24, 2.45) is 0 Å². The number of nitrogens with one attached hydrogen (secondary N) is 1. The summed E-state index contributed by atoms with van der Waals surface area (Å²) in [4.78, 5) is 15.2. The molecule has 1 amide bonds. The minimum Gasteiger partial charge on any atom is -0.354 e. The number of nitrogens with zero attached hydrogens (tertiary/aromatic N) is 1. The number of hydrogen-bond donors (Lipinski definition) is 1. The van der Waals surface area contributed by atoms with Crippen LogP contribution in [0.15, 0.2) is 33.6 Å². The van der Waals surface area contributed by atoms with Crippen molar-refractivity contribution in [2.45, 2.75) is 31.7 Å². The van der Waals surface area contributed by atoms with Crippen molar-refractivity contribution in [3.63, 3.8) is 0 Å². The van der Waals surface area contributed by atoms with Crippen molar-refractivity contribution < 1.29 is 4.79 Å². The fourth-order valence-electron chi connectivity index (χ4n) is 1.85. The van der Waals surface area contributed by atoms with Gasteiger partial charge in [-0.15, -0.1) is 11.8 Å². The smallest absolute Gasteiger partial charge is 0.230 e. The van der Waals surface area contributed by atoms with Crippen molar-refractivity contribution in [1.29, 1.82) is 0 Å². The number of hydrogen-bond acceptors (Lipinski definition) is 3. The lowest BCUT2D eigenvalue weighted by Crippen LogP contribution is -2.38. The maximum Gasteiger partial charge on any atom is 0.230 e. The highest BCUT2D eigenvalue weighted by Gasteiger charge is 2.07. The normalized spacial score (nSPS) is 11.1. The number of benzene rings is 1. The molecule has 0 aliphatic carbocycles. The summed E-state index contributed by atoms with van der Waals surface area (Å²) in [5.41, 5.74) is 0. The number of thioether (sulfide) groups is 1. The van der Waals surface area contributed by atoms with Gasteiger partial charge in [-0.1, -0.05) is 22.9 Å². The van der Waals surface area contributed by atoms with Crippen LogP contribution in [0.2, 0.25) is 0 Å². The first kappa shape index (κ1) is 17.5. The minimum atomic E-state index is 0.0951. The molecule has 0 atom stereocenters. The third-order valence-corrected chi connectivity index (χ3v) is 4.58. The van der Waals surface area contributed by atoms with Crippen molar-refractivity contribution in [1.82, 2.24) is 10.2 Å². The lowest BCUT2D eigenvalue weighted by Gasteiger charge is -2.24. The van der Waals surface area contributed by atoms with Crippen molar-refractivity contribution in [3.05, 3.63) is 28.7 Å². The van der Waals surface area contributed by atoms with Gasteiger partial charge in [0.25, 0.3) is 0 Å². The molecule has 20 heavy (non-hydrogen) atoms. The van der Waals surface area contributed by atoms with E-state index < -0.39 is 0 Å². The summed E-state index contributed by atoms with van der Waals surface area (Å²) in [6.07, 6.45) is 0. The van der Waals surface area contributed by atoms with Gasteiger partial charge < -0.3 is 5.32 Å². The number of likely N-dealkylation sites (N-methyl/N-ethyl adjacent to an activating group) is 1. The molecule has 0 spiro atoms. The zero-order valence-electron chi connectivity index (χ0n) is 12.4. The van der Waals surface area contributed by atoms with E-state index in [0.717, 1.165) is 22.5 Å². The fourth-order valence-corrected chi connectivity index (χ4v) is 2.84. The number of halogens is 1. The number of rotatable bonds is 8. The van der Waals surface area contributed by atoms with Gasteiger partial charge in [0.05, 0.1) is 5.75 Å². The molecule has 112 valence electrons. The third kappa shape index (κ3) is 6.77. The Bertz CT molecular complexity index is 409. The Kier molecular flexibility index (Phi) is 8.26. The molecule has 1 aromatic rings. The zero-order valence-corrected chi connectivity index (χ0v) is 14.8. The van der Waals surface area contributed by atoms with E-state index in [1.54, 1.807) is 11.8 Å². The van der Waals surface area contributed by atoms with Gasteiger partial charge in [-0.05, 0) is 44.7 Å². The number of carbonyl (C=O) groups is 1. The SMILES string of the molecule is CCN(CCNC(=O)CSc1ccc(Br)cc1)C(C)C. The molecule has 0 radical (unpaired) electrons. The number of carbonyl (C=O) groups excluding carboxylic acids is 1. The van der Waals surface area contributed by atoms with Crippen LogP contribution in [0.4, 0.5) is 0 Å². The second-order valence-corrected chi connectivity index (χ2v) is 6.78. The minimum absolute atomic E-state index is 0.0951. The van der Waals surface area contributed by atoms with Gasteiger partial charge in [0, 0.05) is 28.5 Å². The van der Waals surface area contributed by atoms with Crippen LogP contribution in [0.5, 0.6) is 0 Å². The quantitative estimate of drug-likeness (QED) is 0.722. The van der Waals surface area contributed by atoms with Gasteiger partial charge in [0.15, 0.2) is 0 Å².